The highest BCUT2D eigenvalue weighted by Crippen LogP contribution is 2.35. The number of nitrogens with two attached hydrogens (primary N) is 1. The second kappa shape index (κ2) is 9.96. The lowest BCUT2D eigenvalue weighted by Crippen LogP contribution is -2.62. The number of carbonyl (C=O) groups is 2. The minimum absolute atomic E-state index is 0.119. The van der Waals surface area contributed by atoms with Crippen LogP contribution in [0, 0.1) is 17.8 Å². The van der Waals surface area contributed by atoms with Gasteiger partial charge in [-0.1, -0.05) is 74.5 Å². The predicted molar refractivity (Wildman–Crippen MR) is 128 cm³/mol. The number of hydrogen-bond donors (Lipinski definition) is 1. The molecule has 2 amide bonds. The highest BCUT2D eigenvalue weighted by molar-refractivity contribution is 5.88. The Labute approximate surface area is 196 Å². The lowest BCUT2D eigenvalue weighted by Gasteiger charge is -2.48. The molecule has 3 atom stereocenters. The van der Waals surface area contributed by atoms with E-state index < -0.39 is 11.7 Å². The number of ether oxygens (including phenoxy) is 1. The Kier molecular flexibility index (Phi) is 7.03. The van der Waals surface area contributed by atoms with Gasteiger partial charge >= 0.3 is 6.09 Å². The van der Waals surface area contributed by atoms with Crippen LogP contribution in [0.15, 0.2) is 60.7 Å². The molecule has 2 saturated heterocycles. The molecule has 0 spiro atoms. The highest BCUT2D eigenvalue weighted by atomic mass is 16.6. The number of primary amides is 1. The summed E-state index contributed by atoms with van der Waals surface area (Å²) in [6, 6.07) is 20.3. The number of benzene rings is 2. The van der Waals surface area contributed by atoms with Crippen molar-refractivity contribution in [2.24, 2.45) is 23.5 Å². The van der Waals surface area contributed by atoms with E-state index in [1.54, 1.807) is 0 Å². The van der Waals surface area contributed by atoms with E-state index in [4.69, 9.17) is 10.5 Å². The molecule has 176 valence electrons. The number of fused-ring (bicyclic) bond motifs is 2. The summed E-state index contributed by atoms with van der Waals surface area (Å²) in [7, 11) is 0. The van der Waals surface area contributed by atoms with Crippen molar-refractivity contribution in [1.82, 2.24) is 9.80 Å². The first-order valence-electron chi connectivity index (χ1n) is 11.9. The SMILES string of the molecule is CC(C)C(Cc1ccccc1)(OC(N)=O)C(=O)N1CC2CC(CN(Cc3ccccc3)C2)C1. The van der Waals surface area contributed by atoms with Crippen LogP contribution < -0.4 is 5.73 Å². The summed E-state index contributed by atoms with van der Waals surface area (Å²) in [4.78, 5) is 30.4. The van der Waals surface area contributed by atoms with E-state index >= 15 is 0 Å². The molecule has 2 N–H and O–H groups in total. The molecule has 4 rings (SSSR count). The fraction of sp³-hybridized carbons (Fsp3) is 0.481. The number of nitrogens with zero attached hydrogens (tertiary/aromatic N) is 2. The zero-order chi connectivity index (χ0) is 23.4. The van der Waals surface area contributed by atoms with Crippen LogP contribution in [0.1, 0.15) is 31.4 Å². The Balaban J connectivity index is 1.51. The van der Waals surface area contributed by atoms with Gasteiger partial charge in [0.05, 0.1) is 0 Å². The normalized spacial score (nSPS) is 22.6. The first-order valence-corrected chi connectivity index (χ1v) is 11.9. The van der Waals surface area contributed by atoms with Gasteiger partial charge in [-0.15, -0.1) is 0 Å². The average molecular weight is 450 g/mol. The third-order valence-electron chi connectivity index (χ3n) is 7.08. The zero-order valence-corrected chi connectivity index (χ0v) is 19.7. The van der Waals surface area contributed by atoms with Gasteiger partial charge in [0.2, 0.25) is 0 Å². The molecule has 3 unspecified atom stereocenters. The van der Waals surface area contributed by atoms with Gasteiger partial charge < -0.3 is 15.4 Å². The van der Waals surface area contributed by atoms with Crippen molar-refractivity contribution in [2.75, 3.05) is 26.2 Å². The Morgan fingerprint density at radius 2 is 1.48 bits per heavy atom. The molecule has 2 aromatic rings. The fourth-order valence-electron chi connectivity index (χ4n) is 5.59. The minimum Gasteiger partial charge on any atom is -0.432 e. The Morgan fingerprint density at radius 3 is 2.00 bits per heavy atom. The van der Waals surface area contributed by atoms with Gasteiger partial charge in [0.25, 0.3) is 5.91 Å². The number of carbonyl (C=O) groups excluding carboxylic acids is 2. The summed E-state index contributed by atoms with van der Waals surface area (Å²) in [5.74, 6) is 0.501. The number of rotatable bonds is 7. The van der Waals surface area contributed by atoms with Crippen LogP contribution in [0.2, 0.25) is 0 Å². The summed E-state index contributed by atoms with van der Waals surface area (Å²) in [6.45, 7) is 8.11. The number of likely N-dealkylation sites (tertiary alicyclic amines) is 2. The molecule has 2 heterocycles. The largest absolute Gasteiger partial charge is 0.432 e. The summed E-state index contributed by atoms with van der Waals surface area (Å²) in [6.07, 6.45) is 0.553. The van der Waals surface area contributed by atoms with Crippen LogP contribution in [0.3, 0.4) is 0 Å². The monoisotopic (exact) mass is 449 g/mol. The van der Waals surface area contributed by atoms with E-state index in [-0.39, 0.29) is 11.8 Å². The molecule has 2 aliphatic rings. The smallest absolute Gasteiger partial charge is 0.405 e. The van der Waals surface area contributed by atoms with Gasteiger partial charge in [0.1, 0.15) is 0 Å². The number of hydrogen-bond acceptors (Lipinski definition) is 4. The summed E-state index contributed by atoms with van der Waals surface area (Å²) < 4.78 is 5.68. The Hall–Kier alpha value is -2.86. The maximum Gasteiger partial charge on any atom is 0.405 e. The van der Waals surface area contributed by atoms with Crippen LogP contribution in [0.4, 0.5) is 4.79 Å². The number of piperidine rings is 2. The van der Waals surface area contributed by atoms with Crippen LogP contribution in [0.5, 0.6) is 0 Å². The summed E-state index contributed by atoms with van der Waals surface area (Å²) >= 11 is 0. The molecule has 0 saturated carbocycles. The van der Waals surface area contributed by atoms with E-state index in [0.29, 0.717) is 31.3 Å². The van der Waals surface area contributed by atoms with Gasteiger partial charge in [0, 0.05) is 45.1 Å². The van der Waals surface area contributed by atoms with Crippen molar-refractivity contribution in [2.45, 2.75) is 38.8 Å². The molecule has 6 heteroatoms. The van der Waals surface area contributed by atoms with E-state index in [1.807, 2.05) is 55.1 Å². The predicted octanol–water partition coefficient (Wildman–Crippen LogP) is 3.70. The van der Waals surface area contributed by atoms with Crippen molar-refractivity contribution in [3.63, 3.8) is 0 Å². The molecule has 2 aliphatic heterocycles. The molecule has 0 aromatic heterocycles. The molecule has 2 aromatic carbocycles. The van der Waals surface area contributed by atoms with E-state index in [1.165, 1.54) is 5.56 Å². The molecule has 0 radical (unpaired) electrons. The first-order chi connectivity index (χ1) is 15.9. The van der Waals surface area contributed by atoms with Crippen molar-refractivity contribution < 1.29 is 14.3 Å². The lowest BCUT2D eigenvalue weighted by atomic mass is 9.79. The maximum atomic E-state index is 14.0. The van der Waals surface area contributed by atoms with Crippen molar-refractivity contribution in [3.8, 4) is 0 Å². The van der Waals surface area contributed by atoms with Gasteiger partial charge in [-0.3, -0.25) is 9.69 Å². The standard InChI is InChI=1S/C27H35N3O3/c1-20(2)27(33-26(28)32,14-21-9-5-3-6-10-21)25(31)30-18-23-13-24(19-30)17-29(16-23)15-22-11-7-4-8-12-22/h3-12,20,23-24H,13-19H2,1-2H3,(H2,28,32). The summed E-state index contributed by atoms with van der Waals surface area (Å²) in [5.41, 5.74) is 6.45. The molecule has 0 aliphatic carbocycles. The van der Waals surface area contributed by atoms with Crippen molar-refractivity contribution in [3.05, 3.63) is 71.8 Å². The lowest BCUT2D eigenvalue weighted by molar-refractivity contribution is -0.160. The number of amides is 2. The molecule has 2 bridgehead atoms. The third-order valence-corrected chi connectivity index (χ3v) is 7.08. The second-order valence-corrected chi connectivity index (χ2v) is 9.99. The van der Waals surface area contributed by atoms with Crippen LogP contribution in [-0.2, 0) is 22.5 Å². The van der Waals surface area contributed by atoms with Crippen LogP contribution in [0.25, 0.3) is 0 Å². The fourth-order valence-corrected chi connectivity index (χ4v) is 5.59. The van der Waals surface area contributed by atoms with Crippen LogP contribution in [-0.4, -0.2) is 53.6 Å². The molecular formula is C27H35N3O3. The molecular weight excluding hydrogens is 414 g/mol. The minimum atomic E-state index is -1.30. The third kappa shape index (κ3) is 5.38. The first kappa shape index (κ1) is 23.3. The Morgan fingerprint density at radius 1 is 0.939 bits per heavy atom. The van der Waals surface area contributed by atoms with Gasteiger partial charge in [-0.25, -0.2) is 4.79 Å². The highest BCUT2D eigenvalue weighted by Gasteiger charge is 2.49. The topological polar surface area (TPSA) is 75.9 Å². The average Bonchev–Trinajstić information content (AvgIpc) is 2.78. The van der Waals surface area contributed by atoms with Crippen LogP contribution >= 0.6 is 0 Å². The van der Waals surface area contributed by atoms with E-state index in [9.17, 15) is 9.59 Å². The Bertz CT molecular complexity index is 936. The maximum absolute atomic E-state index is 14.0. The van der Waals surface area contributed by atoms with Gasteiger partial charge in [-0.2, -0.15) is 0 Å². The van der Waals surface area contributed by atoms with E-state index in [2.05, 4.69) is 29.2 Å². The van der Waals surface area contributed by atoms with Crippen molar-refractivity contribution >= 4 is 12.0 Å². The molecule has 6 nitrogen and oxygen atoms in total. The quantitative estimate of drug-likeness (QED) is 0.699. The van der Waals surface area contributed by atoms with Gasteiger partial charge in [-0.05, 0) is 29.4 Å². The molecule has 33 heavy (non-hydrogen) atoms. The second-order valence-electron chi connectivity index (χ2n) is 9.99. The summed E-state index contributed by atoms with van der Waals surface area (Å²) in [5, 5.41) is 0. The molecule has 2 fully saturated rings. The zero-order valence-electron chi connectivity index (χ0n) is 19.7. The van der Waals surface area contributed by atoms with Gasteiger partial charge in [0.15, 0.2) is 5.60 Å². The van der Waals surface area contributed by atoms with Crippen molar-refractivity contribution in [1.29, 1.82) is 0 Å². The van der Waals surface area contributed by atoms with E-state index in [0.717, 1.165) is 31.6 Å².